The highest BCUT2D eigenvalue weighted by Gasteiger charge is 2.08. The van der Waals surface area contributed by atoms with Crippen molar-refractivity contribution in [1.29, 1.82) is 0 Å². The lowest BCUT2D eigenvalue weighted by molar-refractivity contribution is -0.422. The quantitative estimate of drug-likeness (QED) is 0.652. The van der Waals surface area contributed by atoms with Crippen molar-refractivity contribution in [1.82, 2.24) is 0 Å². The Hall–Kier alpha value is -1.88. The fourth-order valence-electron chi connectivity index (χ4n) is 1.05. The van der Waals surface area contributed by atoms with Crippen LogP contribution in [0.3, 0.4) is 0 Å². The van der Waals surface area contributed by atoms with Crippen molar-refractivity contribution in [2.24, 2.45) is 0 Å². The first kappa shape index (κ1) is 12.2. The minimum Gasteiger partial charge on any atom is -0.478 e. The van der Waals surface area contributed by atoms with E-state index in [0.29, 0.717) is 5.56 Å². The number of carboxylic acids is 1. The zero-order chi connectivity index (χ0) is 12.3. The van der Waals surface area contributed by atoms with Crippen LogP contribution in [0.5, 0.6) is 0 Å². The molecule has 0 radical (unpaired) electrons. The van der Waals surface area contributed by atoms with Gasteiger partial charge in [0, 0.05) is 18.0 Å². The van der Waals surface area contributed by atoms with Crippen LogP contribution in [0.4, 0.5) is 0 Å². The SMILES string of the molecule is C/C(=C\c1ccc(C(=O)O)cc1Cl)[N+](=O)[O-]. The molecule has 0 saturated carbocycles. The van der Waals surface area contributed by atoms with E-state index in [2.05, 4.69) is 0 Å². The zero-order valence-corrected chi connectivity index (χ0v) is 9.06. The van der Waals surface area contributed by atoms with E-state index >= 15 is 0 Å². The van der Waals surface area contributed by atoms with E-state index < -0.39 is 10.9 Å². The van der Waals surface area contributed by atoms with Gasteiger partial charge in [-0.1, -0.05) is 17.7 Å². The summed E-state index contributed by atoms with van der Waals surface area (Å²) in [7, 11) is 0. The van der Waals surface area contributed by atoms with Gasteiger partial charge >= 0.3 is 5.97 Å². The highest BCUT2D eigenvalue weighted by molar-refractivity contribution is 6.32. The number of nitrogens with zero attached hydrogens (tertiary/aromatic N) is 1. The van der Waals surface area contributed by atoms with Gasteiger partial charge in [-0.05, 0) is 17.7 Å². The number of aromatic carboxylic acids is 1. The molecule has 84 valence electrons. The molecule has 1 N–H and O–H groups in total. The molecule has 0 heterocycles. The normalized spacial score (nSPS) is 11.2. The summed E-state index contributed by atoms with van der Waals surface area (Å²) in [6, 6.07) is 4.02. The van der Waals surface area contributed by atoms with Crippen LogP contribution in [0.15, 0.2) is 23.9 Å². The number of rotatable bonds is 3. The summed E-state index contributed by atoms with van der Waals surface area (Å²) in [5, 5.41) is 19.2. The van der Waals surface area contributed by atoms with E-state index in [9.17, 15) is 14.9 Å². The largest absolute Gasteiger partial charge is 0.478 e. The molecule has 5 nitrogen and oxygen atoms in total. The Morgan fingerprint density at radius 1 is 1.56 bits per heavy atom. The number of hydrogen-bond acceptors (Lipinski definition) is 3. The number of allylic oxidation sites excluding steroid dienone is 1. The van der Waals surface area contributed by atoms with Crippen molar-refractivity contribution in [3.63, 3.8) is 0 Å². The van der Waals surface area contributed by atoms with Crippen LogP contribution < -0.4 is 0 Å². The summed E-state index contributed by atoms with van der Waals surface area (Å²) >= 11 is 5.79. The Morgan fingerprint density at radius 3 is 2.62 bits per heavy atom. The molecule has 6 heteroatoms. The molecule has 0 aliphatic heterocycles. The summed E-state index contributed by atoms with van der Waals surface area (Å²) in [5.74, 6) is -1.09. The molecule has 0 bridgehead atoms. The maximum absolute atomic E-state index is 10.6. The molecule has 1 aromatic carbocycles. The van der Waals surface area contributed by atoms with Gasteiger partial charge in [0.2, 0.25) is 5.70 Å². The predicted molar refractivity (Wildman–Crippen MR) is 59.1 cm³/mol. The van der Waals surface area contributed by atoms with Crippen molar-refractivity contribution >= 4 is 23.6 Å². The first-order chi connectivity index (χ1) is 7.41. The van der Waals surface area contributed by atoms with Gasteiger partial charge in [-0.15, -0.1) is 0 Å². The third-order valence-corrected chi connectivity index (χ3v) is 2.23. The maximum Gasteiger partial charge on any atom is 0.335 e. The van der Waals surface area contributed by atoms with Gasteiger partial charge in [0.25, 0.3) is 0 Å². The number of carbonyl (C=O) groups is 1. The molecular formula is C10H8ClNO4. The molecule has 0 unspecified atom stereocenters. The van der Waals surface area contributed by atoms with Crippen molar-refractivity contribution in [3.05, 3.63) is 50.2 Å². The second-order valence-electron chi connectivity index (χ2n) is 3.08. The number of benzene rings is 1. The van der Waals surface area contributed by atoms with Crippen molar-refractivity contribution < 1.29 is 14.8 Å². The van der Waals surface area contributed by atoms with Crippen LogP contribution >= 0.6 is 11.6 Å². The molecule has 1 rings (SSSR count). The third-order valence-electron chi connectivity index (χ3n) is 1.90. The number of hydrogen-bond donors (Lipinski definition) is 1. The predicted octanol–water partition coefficient (Wildman–Crippen LogP) is 2.68. The first-order valence-corrected chi connectivity index (χ1v) is 4.65. The van der Waals surface area contributed by atoms with Gasteiger partial charge in [-0.2, -0.15) is 0 Å². The lowest BCUT2D eigenvalue weighted by Crippen LogP contribution is -1.97. The average Bonchev–Trinajstić information content (AvgIpc) is 2.20. The summed E-state index contributed by atoms with van der Waals surface area (Å²) < 4.78 is 0. The smallest absolute Gasteiger partial charge is 0.335 e. The van der Waals surface area contributed by atoms with Gasteiger partial charge in [0.05, 0.1) is 10.5 Å². The average molecular weight is 242 g/mol. The Morgan fingerprint density at radius 2 is 2.19 bits per heavy atom. The minimum atomic E-state index is -1.09. The Labute approximate surface area is 96.1 Å². The van der Waals surface area contributed by atoms with Crippen LogP contribution in [0.2, 0.25) is 5.02 Å². The lowest BCUT2D eigenvalue weighted by atomic mass is 10.1. The third kappa shape index (κ3) is 2.80. The van der Waals surface area contributed by atoms with Crippen molar-refractivity contribution in [3.8, 4) is 0 Å². The highest BCUT2D eigenvalue weighted by Crippen LogP contribution is 2.20. The number of halogens is 1. The number of nitro groups is 1. The molecular weight excluding hydrogens is 234 g/mol. The van der Waals surface area contributed by atoms with Gasteiger partial charge in [-0.25, -0.2) is 4.79 Å². The monoisotopic (exact) mass is 241 g/mol. The fourth-order valence-corrected chi connectivity index (χ4v) is 1.29. The molecule has 0 fully saturated rings. The first-order valence-electron chi connectivity index (χ1n) is 4.27. The van der Waals surface area contributed by atoms with Gasteiger partial charge in [0.1, 0.15) is 0 Å². The van der Waals surface area contributed by atoms with Crippen LogP contribution in [0, 0.1) is 10.1 Å². The Balaban J connectivity index is 3.14. The summed E-state index contributed by atoms with van der Waals surface area (Å²) in [6.07, 6.45) is 1.29. The summed E-state index contributed by atoms with van der Waals surface area (Å²) in [4.78, 5) is 20.5. The Bertz CT molecular complexity index is 482. The molecule has 0 atom stereocenters. The van der Waals surface area contributed by atoms with E-state index in [4.69, 9.17) is 16.7 Å². The molecule has 0 aliphatic rings. The minimum absolute atomic E-state index is 0.0425. The van der Waals surface area contributed by atoms with E-state index in [0.717, 1.165) is 0 Å². The molecule has 0 amide bonds. The Kier molecular flexibility index (Phi) is 3.63. The number of carboxylic acid groups (broad SMARTS) is 1. The standard InChI is InChI=1S/C10H8ClNO4/c1-6(12(15)16)4-7-2-3-8(10(13)14)5-9(7)11/h2-5H,1H3,(H,13,14)/b6-4+. The van der Waals surface area contributed by atoms with Crippen LogP contribution in [-0.2, 0) is 0 Å². The molecule has 1 aromatic rings. The second-order valence-corrected chi connectivity index (χ2v) is 3.49. The molecule has 16 heavy (non-hydrogen) atoms. The van der Waals surface area contributed by atoms with Crippen LogP contribution in [0.25, 0.3) is 6.08 Å². The van der Waals surface area contributed by atoms with Crippen LogP contribution in [0.1, 0.15) is 22.8 Å². The zero-order valence-electron chi connectivity index (χ0n) is 8.31. The van der Waals surface area contributed by atoms with Crippen molar-refractivity contribution in [2.75, 3.05) is 0 Å². The van der Waals surface area contributed by atoms with E-state index in [1.165, 1.54) is 31.2 Å². The molecule has 0 aliphatic carbocycles. The van der Waals surface area contributed by atoms with Gasteiger partial charge < -0.3 is 5.11 Å². The van der Waals surface area contributed by atoms with E-state index in [-0.39, 0.29) is 16.3 Å². The fraction of sp³-hybridized carbons (Fsp3) is 0.100. The van der Waals surface area contributed by atoms with Crippen molar-refractivity contribution in [2.45, 2.75) is 6.92 Å². The van der Waals surface area contributed by atoms with Crippen LogP contribution in [-0.4, -0.2) is 16.0 Å². The van der Waals surface area contributed by atoms with Gasteiger partial charge in [0.15, 0.2) is 0 Å². The second kappa shape index (κ2) is 4.76. The summed E-state index contributed by atoms with van der Waals surface area (Å²) in [6.45, 7) is 1.33. The lowest BCUT2D eigenvalue weighted by Gasteiger charge is -2.00. The topological polar surface area (TPSA) is 80.4 Å². The van der Waals surface area contributed by atoms with E-state index in [1.807, 2.05) is 0 Å². The molecule has 0 saturated heterocycles. The summed E-state index contributed by atoms with van der Waals surface area (Å²) in [5.41, 5.74) is 0.395. The molecule has 0 aromatic heterocycles. The molecule has 0 spiro atoms. The maximum atomic E-state index is 10.6. The highest BCUT2D eigenvalue weighted by atomic mass is 35.5. The van der Waals surface area contributed by atoms with Gasteiger partial charge in [-0.3, -0.25) is 10.1 Å². The van der Waals surface area contributed by atoms with E-state index in [1.54, 1.807) is 0 Å².